The van der Waals surface area contributed by atoms with E-state index < -0.39 is 0 Å². The van der Waals surface area contributed by atoms with Crippen molar-refractivity contribution in [2.24, 2.45) is 0 Å². The maximum atomic E-state index is 5.82. The summed E-state index contributed by atoms with van der Waals surface area (Å²) in [6.45, 7) is 0. The lowest BCUT2D eigenvalue weighted by Gasteiger charge is -2.08. The highest BCUT2D eigenvalue weighted by molar-refractivity contribution is 6.07. The molecule has 5 rings (SSSR count). The Kier molecular flexibility index (Phi) is 3.14. The van der Waals surface area contributed by atoms with E-state index in [1.165, 1.54) is 27.1 Å². The maximum Gasteiger partial charge on any atom is 0.220 e. The van der Waals surface area contributed by atoms with E-state index in [4.69, 9.17) is 4.42 Å². The van der Waals surface area contributed by atoms with Crippen LogP contribution in [0.25, 0.3) is 44.8 Å². The summed E-state index contributed by atoms with van der Waals surface area (Å²) in [6, 6.07) is 27.0. The van der Waals surface area contributed by atoms with Gasteiger partial charge in [-0.1, -0.05) is 60.7 Å². The van der Waals surface area contributed by atoms with E-state index in [0.29, 0.717) is 5.89 Å². The zero-order valence-corrected chi connectivity index (χ0v) is 13.5. The number of hydrogen-bond donors (Lipinski definition) is 0. The molecule has 0 aliphatic rings. The van der Waals surface area contributed by atoms with Crippen LogP contribution in [0.5, 0.6) is 0 Å². The number of benzene rings is 4. The summed E-state index contributed by atoms with van der Waals surface area (Å²) in [4.78, 5) is 4.53. The van der Waals surface area contributed by atoms with Crippen LogP contribution in [0.1, 0.15) is 11.5 Å². The third-order valence-electron chi connectivity index (χ3n) is 4.52. The van der Waals surface area contributed by atoms with E-state index in [2.05, 4.69) is 65.7 Å². The number of para-hydroxylation sites is 2. The lowest BCUT2D eigenvalue weighted by molar-refractivity contribution is 0.590. The molecule has 0 spiro atoms. The fraction of sp³-hybridized carbons (Fsp3) is 0. The van der Waals surface area contributed by atoms with Gasteiger partial charge >= 0.3 is 0 Å². The molecule has 118 valence electrons. The average Bonchev–Trinajstić information content (AvgIpc) is 3.08. The number of nitrogens with zero attached hydrogens (tertiary/aromatic N) is 1. The fourth-order valence-corrected chi connectivity index (χ4v) is 3.34. The Labute approximate surface area is 145 Å². The van der Waals surface area contributed by atoms with Crippen LogP contribution in [0.15, 0.2) is 83.3 Å². The molecule has 0 fully saturated rings. The minimum Gasteiger partial charge on any atom is -0.437 e. The zero-order valence-electron chi connectivity index (χ0n) is 13.5. The van der Waals surface area contributed by atoms with E-state index in [1.54, 1.807) is 0 Å². The number of fused-ring (bicyclic) bond motifs is 3. The molecule has 4 aromatic carbocycles. The van der Waals surface area contributed by atoms with Crippen molar-refractivity contribution in [3.63, 3.8) is 0 Å². The zero-order chi connectivity index (χ0) is 16.6. The highest BCUT2D eigenvalue weighted by Gasteiger charge is 2.06. The van der Waals surface area contributed by atoms with E-state index >= 15 is 0 Å². The molecular weight excluding hydrogens is 306 g/mol. The first-order valence-electron chi connectivity index (χ1n) is 8.33. The standard InChI is InChI=1S/C23H15NO/c1-3-9-18-16(7-1)15-17-8-2-4-10-19(17)20(18)13-14-23-24-21-11-5-6-12-22(21)25-23/h1-15H/b14-13+. The summed E-state index contributed by atoms with van der Waals surface area (Å²) in [6.07, 6.45) is 4.06. The Morgan fingerprint density at radius 2 is 1.32 bits per heavy atom. The van der Waals surface area contributed by atoms with Gasteiger partial charge in [-0.05, 0) is 51.4 Å². The molecule has 0 saturated carbocycles. The van der Waals surface area contributed by atoms with Crippen LogP contribution in [0, 0.1) is 0 Å². The van der Waals surface area contributed by atoms with Crippen LogP contribution in [0.4, 0.5) is 0 Å². The molecule has 25 heavy (non-hydrogen) atoms. The van der Waals surface area contributed by atoms with Gasteiger partial charge in [0.05, 0.1) is 0 Å². The first-order chi connectivity index (χ1) is 12.4. The van der Waals surface area contributed by atoms with Crippen LogP contribution in [0.2, 0.25) is 0 Å². The third kappa shape index (κ3) is 2.39. The van der Waals surface area contributed by atoms with Crippen molar-refractivity contribution in [3.8, 4) is 0 Å². The first kappa shape index (κ1) is 14.0. The molecule has 2 heteroatoms. The molecule has 0 radical (unpaired) electrons. The van der Waals surface area contributed by atoms with Gasteiger partial charge in [-0.2, -0.15) is 0 Å². The van der Waals surface area contributed by atoms with Gasteiger partial charge in [-0.25, -0.2) is 4.98 Å². The van der Waals surface area contributed by atoms with Gasteiger partial charge in [0.2, 0.25) is 5.89 Å². The number of oxazole rings is 1. The average molecular weight is 321 g/mol. The van der Waals surface area contributed by atoms with Crippen molar-refractivity contribution in [2.45, 2.75) is 0 Å². The normalized spacial score (nSPS) is 11.8. The largest absolute Gasteiger partial charge is 0.437 e. The Morgan fingerprint density at radius 3 is 2.04 bits per heavy atom. The molecule has 0 unspecified atom stereocenters. The summed E-state index contributed by atoms with van der Waals surface area (Å²) < 4.78 is 5.82. The molecule has 1 aromatic heterocycles. The summed E-state index contributed by atoms with van der Waals surface area (Å²) in [5, 5.41) is 4.93. The molecule has 0 atom stereocenters. The second-order valence-electron chi connectivity index (χ2n) is 6.09. The van der Waals surface area contributed by atoms with Crippen LogP contribution >= 0.6 is 0 Å². The van der Waals surface area contributed by atoms with E-state index in [9.17, 15) is 0 Å². The minimum absolute atomic E-state index is 0.623. The molecule has 0 aliphatic heterocycles. The fourth-order valence-electron chi connectivity index (χ4n) is 3.34. The lowest BCUT2D eigenvalue weighted by Crippen LogP contribution is -1.83. The van der Waals surface area contributed by atoms with Crippen molar-refractivity contribution in [3.05, 3.63) is 90.3 Å². The highest BCUT2D eigenvalue weighted by atomic mass is 16.3. The smallest absolute Gasteiger partial charge is 0.220 e. The molecular formula is C23H15NO. The van der Waals surface area contributed by atoms with Crippen molar-refractivity contribution in [2.75, 3.05) is 0 Å². The van der Waals surface area contributed by atoms with Gasteiger partial charge in [-0.15, -0.1) is 0 Å². The minimum atomic E-state index is 0.623. The van der Waals surface area contributed by atoms with E-state index in [-0.39, 0.29) is 0 Å². The van der Waals surface area contributed by atoms with Crippen LogP contribution in [-0.2, 0) is 0 Å². The monoisotopic (exact) mass is 321 g/mol. The molecule has 0 aliphatic carbocycles. The predicted octanol–water partition coefficient (Wildman–Crippen LogP) is 6.30. The molecule has 0 N–H and O–H groups in total. The second kappa shape index (κ2) is 5.60. The maximum absolute atomic E-state index is 5.82. The number of rotatable bonds is 2. The van der Waals surface area contributed by atoms with Crippen LogP contribution < -0.4 is 0 Å². The Balaban J connectivity index is 1.72. The predicted molar refractivity (Wildman–Crippen MR) is 104 cm³/mol. The lowest BCUT2D eigenvalue weighted by atomic mass is 9.96. The van der Waals surface area contributed by atoms with Gasteiger partial charge in [-0.3, -0.25) is 0 Å². The number of aromatic nitrogens is 1. The molecule has 2 nitrogen and oxygen atoms in total. The summed E-state index contributed by atoms with van der Waals surface area (Å²) in [5.41, 5.74) is 2.88. The summed E-state index contributed by atoms with van der Waals surface area (Å²) in [7, 11) is 0. The van der Waals surface area contributed by atoms with Gasteiger partial charge in [0, 0.05) is 6.08 Å². The van der Waals surface area contributed by atoms with Crippen molar-refractivity contribution in [1.29, 1.82) is 0 Å². The Morgan fingerprint density at radius 1 is 0.680 bits per heavy atom. The molecule has 0 amide bonds. The quantitative estimate of drug-likeness (QED) is 0.356. The Hall–Kier alpha value is -3.39. The van der Waals surface area contributed by atoms with Crippen molar-refractivity contribution < 1.29 is 4.42 Å². The molecule has 0 bridgehead atoms. The Bertz CT molecular complexity index is 1160. The molecule has 5 aromatic rings. The van der Waals surface area contributed by atoms with E-state index in [0.717, 1.165) is 11.1 Å². The van der Waals surface area contributed by atoms with Crippen molar-refractivity contribution in [1.82, 2.24) is 4.98 Å². The first-order valence-corrected chi connectivity index (χ1v) is 8.33. The van der Waals surface area contributed by atoms with Gasteiger partial charge in [0.25, 0.3) is 0 Å². The molecule has 0 saturated heterocycles. The number of hydrogen-bond acceptors (Lipinski definition) is 2. The second-order valence-corrected chi connectivity index (χ2v) is 6.09. The van der Waals surface area contributed by atoms with Crippen molar-refractivity contribution >= 4 is 44.8 Å². The topological polar surface area (TPSA) is 26.0 Å². The van der Waals surface area contributed by atoms with Gasteiger partial charge in [0.1, 0.15) is 5.52 Å². The van der Waals surface area contributed by atoms with Gasteiger partial charge in [0.15, 0.2) is 5.58 Å². The summed E-state index contributed by atoms with van der Waals surface area (Å²) in [5.74, 6) is 0.623. The SMILES string of the molecule is C(=C\c1c2ccccc2cc2ccccc12)/c1nc2ccccc2o1. The van der Waals surface area contributed by atoms with Gasteiger partial charge < -0.3 is 4.42 Å². The van der Waals surface area contributed by atoms with Crippen LogP contribution in [-0.4, -0.2) is 4.98 Å². The van der Waals surface area contributed by atoms with E-state index in [1.807, 2.05) is 30.3 Å². The third-order valence-corrected chi connectivity index (χ3v) is 4.52. The molecule has 1 heterocycles. The van der Waals surface area contributed by atoms with Crippen LogP contribution in [0.3, 0.4) is 0 Å². The highest BCUT2D eigenvalue weighted by Crippen LogP contribution is 2.30. The summed E-state index contributed by atoms with van der Waals surface area (Å²) >= 11 is 0.